The first-order chi connectivity index (χ1) is 5.95. The van der Waals surface area contributed by atoms with Crippen molar-refractivity contribution < 1.29 is 28.5 Å². The Kier molecular flexibility index (Phi) is 5.53. The molecule has 0 bridgehead atoms. The summed E-state index contributed by atoms with van der Waals surface area (Å²) in [6, 6.07) is 0. The van der Waals surface area contributed by atoms with E-state index < -0.39 is 13.8 Å². The van der Waals surface area contributed by atoms with Gasteiger partial charge in [-0.3, -0.25) is 14.6 Å². The molecule has 0 saturated heterocycles. The molecule has 0 radical (unpaired) electrons. The lowest BCUT2D eigenvalue weighted by molar-refractivity contribution is -0.135. The van der Waals surface area contributed by atoms with Gasteiger partial charge in [0.25, 0.3) is 0 Å². The number of carbonyl (C=O) groups is 2. The molecule has 0 rings (SSSR count). The minimum absolute atomic E-state index is 0.0844. The van der Waals surface area contributed by atoms with Crippen molar-refractivity contribution in [3.63, 3.8) is 0 Å². The molecule has 0 fully saturated rings. The molecule has 0 aliphatic heterocycles. The smallest absolute Gasteiger partial charge is 0.371 e. The normalized spacial score (nSPS) is 10.9. The summed E-state index contributed by atoms with van der Waals surface area (Å²) in [5.41, 5.74) is 0. The first-order valence-corrected chi connectivity index (χ1v) is 5.20. The van der Waals surface area contributed by atoms with Crippen LogP contribution in [0.2, 0.25) is 0 Å². The molecule has 0 aromatic heterocycles. The Morgan fingerprint density at radius 1 is 1.38 bits per heavy atom. The Morgan fingerprint density at radius 2 is 2.00 bits per heavy atom. The van der Waals surface area contributed by atoms with Crippen LogP contribution in [0.5, 0.6) is 0 Å². The molecule has 0 aromatic carbocycles. The highest BCUT2D eigenvalue weighted by molar-refractivity contribution is 7.46. The number of carbonyl (C=O) groups excluding carboxylic acids is 2. The number of phosphoric acid groups is 1. The van der Waals surface area contributed by atoms with E-state index in [0.717, 1.165) is 0 Å². The minimum atomic E-state index is -4.70. The third-order valence-corrected chi connectivity index (χ3v) is 1.62. The molecule has 0 aromatic rings. The van der Waals surface area contributed by atoms with Crippen LogP contribution in [0.3, 0.4) is 0 Å². The van der Waals surface area contributed by atoms with E-state index in [4.69, 9.17) is 9.79 Å². The number of aldehydes is 1. The third kappa shape index (κ3) is 9.20. The van der Waals surface area contributed by atoms with Gasteiger partial charge >= 0.3 is 13.8 Å². The highest BCUT2D eigenvalue weighted by Crippen LogP contribution is 2.36. The van der Waals surface area contributed by atoms with Crippen molar-refractivity contribution in [3.8, 4) is 0 Å². The molecule has 0 aliphatic carbocycles. The zero-order chi connectivity index (χ0) is 10.3. The molecule has 0 spiro atoms. The Bertz CT molecular complexity index is 219. The van der Waals surface area contributed by atoms with Gasteiger partial charge in [-0.25, -0.2) is 4.57 Å². The van der Waals surface area contributed by atoms with Crippen LogP contribution in [-0.4, -0.2) is 22.0 Å². The number of hydrogen-bond acceptors (Lipinski definition) is 4. The van der Waals surface area contributed by atoms with Gasteiger partial charge in [0.15, 0.2) is 0 Å². The summed E-state index contributed by atoms with van der Waals surface area (Å²) in [4.78, 5) is 36.9. The molecular weight excluding hydrogens is 199 g/mol. The van der Waals surface area contributed by atoms with Gasteiger partial charge < -0.3 is 9.32 Å². The molecule has 2 N–H and O–H groups in total. The average Bonchev–Trinajstić information content (AvgIpc) is 1.94. The summed E-state index contributed by atoms with van der Waals surface area (Å²) in [5, 5.41) is 0. The molecular formula is C6H11O6P. The van der Waals surface area contributed by atoms with Crippen molar-refractivity contribution in [2.24, 2.45) is 0 Å². The number of unbranched alkanes of at least 4 members (excludes halogenated alkanes) is 2. The lowest BCUT2D eigenvalue weighted by Gasteiger charge is -2.03. The van der Waals surface area contributed by atoms with Crippen LogP contribution in [0.1, 0.15) is 25.7 Å². The van der Waals surface area contributed by atoms with Gasteiger partial charge in [0.05, 0.1) is 0 Å². The topological polar surface area (TPSA) is 101 Å². The predicted molar refractivity (Wildman–Crippen MR) is 42.7 cm³/mol. The van der Waals surface area contributed by atoms with Crippen molar-refractivity contribution >= 4 is 20.1 Å². The van der Waals surface area contributed by atoms with Gasteiger partial charge in [-0.15, -0.1) is 0 Å². The number of hydrogen-bond donors (Lipinski definition) is 2. The second-order valence-corrected chi connectivity index (χ2v) is 3.53. The monoisotopic (exact) mass is 210 g/mol. The van der Waals surface area contributed by atoms with Gasteiger partial charge in [-0.1, -0.05) is 0 Å². The third-order valence-electron chi connectivity index (χ3n) is 1.17. The van der Waals surface area contributed by atoms with Crippen LogP contribution in [0.25, 0.3) is 0 Å². The van der Waals surface area contributed by atoms with E-state index in [9.17, 15) is 14.2 Å². The molecule has 0 unspecified atom stereocenters. The number of phosphoric ester groups is 1. The van der Waals surface area contributed by atoms with Crippen molar-refractivity contribution in [2.75, 3.05) is 0 Å². The second-order valence-electron chi connectivity index (χ2n) is 2.37. The van der Waals surface area contributed by atoms with Gasteiger partial charge in [-0.05, 0) is 12.8 Å². The summed E-state index contributed by atoms with van der Waals surface area (Å²) in [6.07, 6.45) is 1.87. The first kappa shape index (κ1) is 12.3. The maximum Gasteiger partial charge on any atom is 0.526 e. The van der Waals surface area contributed by atoms with Crippen LogP contribution >= 0.6 is 7.82 Å². The van der Waals surface area contributed by atoms with Gasteiger partial charge in [0, 0.05) is 12.8 Å². The summed E-state index contributed by atoms with van der Waals surface area (Å²) in [6.45, 7) is 0. The summed E-state index contributed by atoms with van der Waals surface area (Å²) >= 11 is 0. The van der Waals surface area contributed by atoms with E-state index in [1.165, 1.54) is 0 Å². The van der Waals surface area contributed by atoms with E-state index in [1.807, 2.05) is 0 Å². The maximum atomic E-state index is 10.6. The Morgan fingerprint density at radius 3 is 2.46 bits per heavy atom. The van der Waals surface area contributed by atoms with Crippen molar-refractivity contribution in [1.82, 2.24) is 0 Å². The summed E-state index contributed by atoms with van der Waals surface area (Å²) in [5.74, 6) is -0.945. The Labute approximate surface area is 75.1 Å². The van der Waals surface area contributed by atoms with Gasteiger partial charge in [-0.2, -0.15) is 0 Å². The van der Waals surface area contributed by atoms with Crippen LogP contribution in [-0.2, 0) is 18.7 Å². The Balaban J connectivity index is 3.52. The van der Waals surface area contributed by atoms with E-state index in [2.05, 4.69) is 4.52 Å². The quantitative estimate of drug-likeness (QED) is 0.373. The molecule has 7 heteroatoms. The fourth-order valence-electron chi connectivity index (χ4n) is 0.675. The lowest BCUT2D eigenvalue weighted by atomic mass is 10.2. The van der Waals surface area contributed by atoms with Gasteiger partial charge in [0.1, 0.15) is 6.29 Å². The molecule has 76 valence electrons. The molecule has 0 atom stereocenters. The molecule has 0 heterocycles. The second kappa shape index (κ2) is 5.85. The summed E-state index contributed by atoms with van der Waals surface area (Å²) in [7, 11) is -4.70. The molecule has 13 heavy (non-hydrogen) atoms. The highest BCUT2D eigenvalue weighted by Gasteiger charge is 2.19. The first-order valence-electron chi connectivity index (χ1n) is 3.67. The standard InChI is InChI=1S/C6H11O6P/c7-5-3-1-2-4-6(8)12-13(9,10)11/h5H,1-4H2,(H2,9,10,11). The SMILES string of the molecule is O=CCCCCC(=O)OP(=O)(O)O. The van der Waals surface area contributed by atoms with E-state index >= 15 is 0 Å². The molecule has 0 aliphatic rings. The van der Waals surface area contributed by atoms with Crippen molar-refractivity contribution in [3.05, 3.63) is 0 Å². The predicted octanol–water partition coefficient (Wildman–Crippen LogP) is 0.382. The average molecular weight is 210 g/mol. The largest absolute Gasteiger partial charge is 0.526 e. The fourth-order valence-corrected chi connectivity index (χ4v) is 1.03. The van der Waals surface area contributed by atoms with Crippen LogP contribution < -0.4 is 0 Å². The number of rotatable bonds is 6. The zero-order valence-corrected chi connectivity index (χ0v) is 7.77. The van der Waals surface area contributed by atoms with Crippen molar-refractivity contribution in [1.29, 1.82) is 0 Å². The van der Waals surface area contributed by atoms with Crippen LogP contribution in [0, 0.1) is 0 Å². The maximum absolute atomic E-state index is 10.6. The Hall–Kier alpha value is -0.710. The zero-order valence-electron chi connectivity index (χ0n) is 6.88. The van der Waals surface area contributed by atoms with E-state index in [-0.39, 0.29) is 6.42 Å². The highest BCUT2D eigenvalue weighted by atomic mass is 31.2. The lowest BCUT2D eigenvalue weighted by Crippen LogP contribution is -2.01. The van der Waals surface area contributed by atoms with E-state index in [0.29, 0.717) is 25.5 Å². The molecule has 0 saturated carbocycles. The van der Waals surface area contributed by atoms with Crippen molar-refractivity contribution in [2.45, 2.75) is 25.7 Å². The van der Waals surface area contributed by atoms with E-state index in [1.54, 1.807) is 0 Å². The molecule has 6 nitrogen and oxygen atoms in total. The fraction of sp³-hybridized carbons (Fsp3) is 0.667. The minimum Gasteiger partial charge on any atom is -0.371 e. The summed E-state index contributed by atoms with van der Waals surface area (Å²) < 4.78 is 13.9. The molecule has 0 amide bonds. The van der Waals surface area contributed by atoms with Crippen LogP contribution in [0.15, 0.2) is 0 Å². The van der Waals surface area contributed by atoms with Gasteiger partial charge in [0.2, 0.25) is 0 Å². The van der Waals surface area contributed by atoms with Crippen LogP contribution in [0.4, 0.5) is 0 Å².